The molecule has 1 aromatic rings. The van der Waals surface area contributed by atoms with Gasteiger partial charge in [-0.05, 0) is 37.3 Å². The van der Waals surface area contributed by atoms with E-state index in [4.69, 9.17) is 0 Å². The van der Waals surface area contributed by atoms with Gasteiger partial charge in [0, 0.05) is 16.2 Å². The van der Waals surface area contributed by atoms with Crippen LogP contribution in [-0.4, -0.2) is 17.3 Å². The van der Waals surface area contributed by atoms with Crippen LogP contribution in [0.3, 0.4) is 0 Å². The van der Waals surface area contributed by atoms with Crippen molar-refractivity contribution in [2.45, 2.75) is 37.4 Å². The van der Waals surface area contributed by atoms with Gasteiger partial charge in [0.1, 0.15) is 0 Å². The average molecular weight is 302 g/mol. The molecule has 0 aromatic carbocycles. The van der Waals surface area contributed by atoms with Crippen molar-refractivity contribution >= 4 is 33.2 Å². The molecule has 2 rings (SSSR count). The fraction of sp³-hybridized carbons (Fsp3) is 0.583. The van der Waals surface area contributed by atoms with Crippen molar-refractivity contribution in [3.8, 4) is 0 Å². The Bertz CT molecular complexity index is 365. The van der Waals surface area contributed by atoms with Gasteiger partial charge in [0.15, 0.2) is 0 Å². The molecule has 4 heteroatoms. The second-order valence-electron chi connectivity index (χ2n) is 4.24. The number of carbonyl (C=O) groups excluding carboxylic acids is 1. The summed E-state index contributed by atoms with van der Waals surface area (Å²) in [5.74, 6) is 0.0903. The van der Waals surface area contributed by atoms with E-state index in [9.17, 15) is 4.79 Å². The molecule has 1 heterocycles. The van der Waals surface area contributed by atoms with E-state index in [0.717, 1.165) is 30.7 Å². The number of halogens is 1. The molecule has 1 atom stereocenters. The minimum Gasteiger partial charge on any atom is -0.351 e. The Morgan fingerprint density at radius 1 is 1.62 bits per heavy atom. The van der Waals surface area contributed by atoms with Gasteiger partial charge in [0.2, 0.25) is 0 Å². The number of hydrogen-bond acceptors (Lipinski definition) is 2. The molecule has 1 aliphatic carbocycles. The quantitative estimate of drug-likeness (QED) is 0.851. The van der Waals surface area contributed by atoms with Crippen molar-refractivity contribution < 1.29 is 4.79 Å². The molecule has 0 radical (unpaired) electrons. The van der Waals surface area contributed by atoms with E-state index >= 15 is 0 Å². The van der Waals surface area contributed by atoms with Gasteiger partial charge >= 0.3 is 0 Å². The predicted molar refractivity (Wildman–Crippen MR) is 71.7 cm³/mol. The lowest BCUT2D eigenvalue weighted by molar-refractivity contribution is 0.0957. The minimum atomic E-state index is 0.0903. The summed E-state index contributed by atoms with van der Waals surface area (Å²) < 4.78 is 0. The normalized spacial score (nSPS) is 15.9. The molecule has 1 amide bonds. The van der Waals surface area contributed by atoms with Crippen molar-refractivity contribution in [1.29, 1.82) is 0 Å². The first-order valence-corrected chi connectivity index (χ1v) is 7.44. The second kappa shape index (κ2) is 5.32. The molecule has 1 aromatic heterocycles. The van der Waals surface area contributed by atoms with Gasteiger partial charge < -0.3 is 5.32 Å². The standard InChI is InChI=1S/C12H16BrNOS/c1-8(13)5-6-14-12(15)11-7-9-3-2-4-10(9)16-11/h7-8H,2-6H2,1H3,(H,14,15). The van der Waals surface area contributed by atoms with Gasteiger partial charge in [-0.25, -0.2) is 0 Å². The number of rotatable bonds is 4. The Morgan fingerprint density at radius 2 is 2.44 bits per heavy atom. The van der Waals surface area contributed by atoms with E-state index in [0.29, 0.717) is 4.83 Å². The maximum absolute atomic E-state index is 11.8. The third-order valence-electron chi connectivity index (χ3n) is 2.80. The fourth-order valence-electron chi connectivity index (χ4n) is 1.91. The number of thiophene rings is 1. The Labute approximate surface area is 109 Å². The van der Waals surface area contributed by atoms with E-state index in [1.165, 1.54) is 16.9 Å². The van der Waals surface area contributed by atoms with Crippen LogP contribution in [0.2, 0.25) is 0 Å². The molecule has 0 aliphatic heterocycles. The molecule has 16 heavy (non-hydrogen) atoms. The van der Waals surface area contributed by atoms with Crippen molar-refractivity contribution in [2.24, 2.45) is 0 Å². The lowest BCUT2D eigenvalue weighted by Gasteiger charge is -2.04. The first kappa shape index (κ1) is 12.1. The molecule has 0 saturated heterocycles. The van der Waals surface area contributed by atoms with Gasteiger partial charge in [-0.2, -0.15) is 0 Å². The van der Waals surface area contributed by atoms with Crippen LogP contribution < -0.4 is 5.32 Å². The number of carbonyl (C=O) groups is 1. The van der Waals surface area contributed by atoms with Crippen LogP contribution in [0, 0.1) is 0 Å². The van der Waals surface area contributed by atoms with Crippen molar-refractivity contribution in [1.82, 2.24) is 5.32 Å². The summed E-state index contributed by atoms with van der Waals surface area (Å²) >= 11 is 5.13. The zero-order valence-corrected chi connectivity index (χ0v) is 11.8. The molecule has 0 saturated carbocycles. The molecule has 1 unspecified atom stereocenters. The van der Waals surface area contributed by atoms with E-state index in [1.807, 2.05) is 0 Å². The number of fused-ring (bicyclic) bond motifs is 1. The molecule has 1 N–H and O–H groups in total. The van der Waals surface area contributed by atoms with Gasteiger partial charge in [-0.3, -0.25) is 4.79 Å². The number of nitrogens with one attached hydrogen (secondary N) is 1. The molecular formula is C12H16BrNOS. The summed E-state index contributed by atoms with van der Waals surface area (Å²) in [6.45, 7) is 2.83. The second-order valence-corrected chi connectivity index (χ2v) is 6.94. The van der Waals surface area contributed by atoms with E-state index in [-0.39, 0.29) is 5.91 Å². The van der Waals surface area contributed by atoms with E-state index < -0.39 is 0 Å². The lowest BCUT2D eigenvalue weighted by Crippen LogP contribution is -2.24. The summed E-state index contributed by atoms with van der Waals surface area (Å²) in [6, 6.07) is 2.07. The molecule has 2 nitrogen and oxygen atoms in total. The average Bonchev–Trinajstić information content (AvgIpc) is 2.75. The van der Waals surface area contributed by atoms with Gasteiger partial charge in [0.05, 0.1) is 4.88 Å². The maximum Gasteiger partial charge on any atom is 0.261 e. The monoisotopic (exact) mass is 301 g/mol. The Morgan fingerprint density at radius 3 is 3.12 bits per heavy atom. The van der Waals surface area contributed by atoms with Crippen LogP contribution in [0.15, 0.2) is 6.07 Å². The zero-order valence-electron chi connectivity index (χ0n) is 9.38. The number of hydrogen-bond donors (Lipinski definition) is 1. The van der Waals surface area contributed by atoms with Crippen LogP contribution in [0.4, 0.5) is 0 Å². The number of aryl methyl sites for hydroxylation is 2. The summed E-state index contributed by atoms with van der Waals surface area (Å²) in [5, 5.41) is 2.96. The Kier molecular flexibility index (Phi) is 4.03. The first-order chi connectivity index (χ1) is 7.66. The van der Waals surface area contributed by atoms with Gasteiger partial charge in [0.25, 0.3) is 5.91 Å². The highest BCUT2D eigenvalue weighted by Gasteiger charge is 2.18. The van der Waals surface area contributed by atoms with Crippen LogP contribution in [0.5, 0.6) is 0 Å². The van der Waals surface area contributed by atoms with E-state index in [1.54, 1.807) is 11.3 Å². The Balaban J connectivity index is 1.89. The fourth-order valence-corrected chi connectivity index (χ4v) is 3.31. The van der Waals surface area contributed by atoms with Crippen LogP contribution in [-0.2, 0) is 12.8 Å². The summed E-state index contributed by atoms with van der Waals surface area (Å²) in [6.07, 6.45) is 4.53. The van der Waals surface area contributed by atoms with Crippen LogP contribution in [0.25, 0.3) is 0 Å². The van der Waals surface area contributed by atoms with Crippen molar-refractivity contribution in [3.63, 3.8) is 0 Å². The zero-order chi connectivity index (χ0) is 11.5. The summed E-state index contributed by atoms with van der Waals surface area (Å²) in [5.41, 5.74) is 1.39. The molecule has 0 fully saturated rings. The smallest absolute Gasteiger partial charge is 0.261 e. The maximum atomic E-state index is 11.8. The van der Waals surface area contributed by atoms with Crippen LogP contribution in [0.1, 0.15) is 39.9 Å². The number of alkyl halides is 1. The topological polar surface area (TPSA) is 29.1 Å². The molecular weight excluding hydrogens is 286 g/mol. The van der Waals surface area contributed by atoms with Gasteiger partial charge in [-0.15, -0.1) is 11.3 Å². The highest BCUT2D eigenvalue weighted by atomic mass is 79.9. The molecule has 1 aliphatic rings. The molecule has 88 valence electrons. The SMILES string of the molecule is CC(Br)CCNC(=O)c1cc2c(s1)CCC2. The molecule has 0 spiro atoms. The van der Waals surface area contributed by atoms with Gasteiger partial charge in [-0.1, -0.05) is 22.9 Å². The third kappa shape index (κ3) is 2.86. The first-order valence-electron chi connectivity index (χ1n) is 5.70. The Hall–Kier alpha value is -0.350. The highest BCUT2D eigenvalue weighted by molar-refractivity contribution is 9.09. The lowest BCUT2D eigenvalue weighted by atomic mass is 10.2. The van der Waals surface area contributed by atoms with Crippen LogP contribution >= 0.6 is 27.3 Å². The van der Waals surface area contributed by atoms with Crippen molar-refractivity contribution in [2.75, 3.05) is 6.54 Å². The third-order valence-corrected chi connectivity index (χ3v) is 4.49. The highest BCUT2D eigenvalue weighted by Crippen LogP contribution is 2.30. The van der Waals surface area contributed by atoms with E-state index in [2.05, 4.69) is 34.2 Å². The molecule has 0 bridgehead atoms. The minimum absolute atomic E-state index is 0.0903. The summed E-state index contributed by atoms with van der Waals surface area (Å²) in [7, 11) is 0. The summed E-state index contributed by atoms with van der Waals surface area (Å²) in [4.78, 5) is 14.6. The number of amides is 1. The predicted octanol–water partition coefficient (Wildman–Crippen LogP) is 3.14. The largest absolute Gasteiger partial charge is 0.351 e. The van der Waals surface area contributed by atoms with Crippen molar-refractivity contribution in [3.05, 3.63) is 21.4 Å².